The van der Waals surface area contributed by atoms with Crippen LogP contribution in [0.1, 0.15) is 46.0 Å². The highest BCUT2D eigenvalue weighted by molar-refractivity contribution is 9.10. The zero-order chi connectivity index (χ0) is 15.5. The Morgan fingerprint density at radius 3 is 2.40 bits per heavy atom. The van der Waals surface area contributed by atoms with E-state index in [4.69, 9.17) is 5.11 Å². The molecule has 0 aromatic carbocycles. The first-order valence-electron chi connectivity index (χ1n) is 6.91. The minimum absolute atomic E-state index is 0.0201. The van der Waals surface area contributed by atoms with Gasteiger partial charge in [0.25, 0.3) is 0 Å². The predicted octanol–water partition coefficient (Wildman–Crippen LogP) is 2.91. The molecule has 20 heavy (non-hydrogen) atoms. The molecular weight excluding hydrogens is 322 g/mol. The van der Waals surface area contributed by atoms with Crippen LogP contribution >= 0.6 is 15.9 Å². The van der Waals surface area contributed by atoms with Gasteiger partial charge in [-0.25, -0.2) is 0 Å². The van der Waals surface area contributed by atoms with Crippen molar-refractivity contribution in [3.63, 3.8) is 0 Å². The van der Waals surface area contributed by atoms with Gasteiger partial charge in [0.2, 0.25) is 0 Å². The van der Waals surface area contributed by atoms with Crippen molar-refractivity contribution in [3.8, 4) is 0 Å². The van der Waals surface area contributed by atoms with Gasteiger partial charge in [-0.2, -0.15) is 5.10 Å². The van der Waals surface area contributed by atoms with Crippen LogP contribution in [0.2, 0.25) is 0 Å². The SMILES string of the molecule is CCc1nn(CC)c(CN(CC(=O)O)C(C)(C)C)c1Br. The molecule has 0 unspecified atom stereocenters. The second-order valence-electron chi connectivity index (χ2n) is 5.80. The second kappa shape index (κ2) is 6.72. The van der Waals surface area contributed by atoms with Crippen LogP contribution in [0.3, 0.4) is 0 Å². The van der Waals surface area contributed by atoms with Crippen LogP contribution in [-0.2, 0) is 24.3 Å². The summed E-state index contributed by atoms with van der Waals surface area (Å²) in [6, 6.07) is 0. The molecule has 0 bridgehead atoms. The average Bonchev–Trinajstić information content (AvgIpc) is 2.63. The quantitative estimate of drug-likeness (QED) is 0.861. The third kappa shape index (κ3) is 4.06. The van der Waals surface area contributed by atoms with Crippen molar-refractivity contribution in [2.24, 2.45) is 0 Å². The standard InChI is InChI=1S/C14H24BrN3O2/c1-6-10-13(15)11(18(7-2)16-10)8-17(9-12(19)20)14(3,4)5/h6-9H2,1-5H3,(H,19,20). The summed E-state index contributed by atoms with van der Waals surface area (Å²) in [6.45, 7) is 11.5. The van der Waals surface area contributed by atoms with E-state index in [2.05, 4.69) is 28.0 Å². The maximum Gasteiger partial charge on any atom is 0.317 e. The Balaban J connectivity index is 3.10. The Labute approximate surface area is 129 Å². The van der Waals surface area contributed by atoms with E-state index in [-0.39, 0.29) is 12.1 Å². The highest BCUT2D eigenvalue weighted by Gasteiger charge is 2.26. The van der Waals surface area contributed by atoms with Gasteiger partial charge in [-0.05, 0) is 50.0 Å². The molecule has 0 aliphatic carbocycles. The molecule has 5 nitrogen and oxygen atoms in total. The predicted molar refractivity (Wildman–Crippen MR) is 82.8 cm³/mol. The van der Waals surface area contributed by atoms with Gasteiger partial charge in [-0.15, -0.1) is 0 Å². The molecule has 0 aliphatic rings. The molecule has 0 fully saturated rings. The topological polar surface area (TPSA) is 58.4 Å². The number of carboxylic acids is 1. The van der Waals surface area contributed by atoms with Crippen LogP contribution < -0.4 is 0 Å². The van der Waals surface area contributed by atoms with Gasteiger partial charge >= 0.3 is 5.97 Å². The molecule has 0 aliphatic heterocycles. The van der Waals surface area contributed by atoms with Gasteiger partial charge in [0.15, 0.2) is 0 Å². The lowest BCUT2D eigenvalue weighted by Crippen LogP contribution is -2.44. The number of nitrogens with zero attached hydrogens (tertiary/aromatic N) is 3. The summed E-state index contributed by atoms with van der Waals surface area (Å²) in [4.78, 5) is 13.0. The molecule has 1 aromatic rings. The van der Waals surface area contributed by atoms with Crippen LogP contribution in [0, 0.1) is 0 Å². The van der Waals surface area contributed by atoms with E-state index >= 15 is 0 Å². The first-order valence-corrected chi connectivity index (χ1v) is 7.70. The molecule has 0 radical (unpaired) electrons. The summed E-state index contributed by atoms with van der Waals surface area (Å²) in [5.74, 6) is -0.811. The maximum absolute atomic E-state index is 11.1. The fourth-order valence-corrected chi connectivity index (χ4v) is 2.73. The van der Waals surface area contributed by atoms with Gasteiger partial charge in [0.05, 0.1) is 22.4 Å². The fourth-order valence-electron chi connectivity index (χ4n) is 2.04. The largest absolute Gasteiger partial charge is 0.480 e. The average molecular weight is 346 g/mol. The number of halogens is 1. The Morgan fingerprint density at radius 1 is 1.40 bits per heavy atom. The third-order valence-corrected chi connectivity index (χ3v) is 4.22. The minimum atomic E-state index is -0.811. The molecule has 114 valence electrons. The lowest BCUT2D eigenvalue weighted by atomic mass is 10.1. The van der Waals surface area contributed by atoms with E-state index in [1.165, 1.54) is 0 Å². The number of rotatable bonds is 6. The number of hydrogen-bond acceptors (Lipinski definition) is 3. The van der Waals surface area contributed by atoms with Gasteiger partial charge in [0.1, 0.15) is 0 Å². The summed E-state index contributed by atoms with van der Waals surface area (Å²) in [5, 5.41) is 13.7. The third-order valence-electron chi connectivity index (χ3n) is 3.31. The minimum Gasteiger partial charge on any atom is -0.480 e. The van der Waals surface area contributed by atoms with Crippen molar-refractivity contribution >= 4 is 21.9 Å². The molecular formula is C14H24BrN3O2. The summed E-state index contributed by atoms with van der Waals surface area (Å²) < 4.78 is 2.95. The molecule has 0 atom stereocenters. The van der Waals surface area contributed by atoms with Crippen molar-refractivity contribution in [2.75, 3.05) is 6.54 Å². The summed E-state index contributed by atoms with van der Waals surface area (Å²) in [6.07, 6.45) is 0.856. The van der Waals surface area contributed by atoms with Crippen LogP contribution in [0.4, 0.5) is 0 Å². The zero-order valence-corrected chi connectivity index (χ0v) is 14.5. The first-order chi connectivity index (χ1) is 9.20. The molecule has 0 amide bonds. The molecule has 1 aromatic heterocycles. The summed E-state index contributed by atoms with van der Waals surface area (Å²) in [5.41, 5.74) is 1.85. The van der Waals surface area contributed by atoms with Gasteiger partial charge < -0.3 is 5.11 Å². The number of aliphatic carboxylic acids is 1. The van der Waals surface area contributed by atoms with Crippen molar-refractivity contribution in [3.05, 3.63) is 15.9 Å². The summed E-state index contributed by atoms with van der Waals surface area (Å²) in [7, 11) is 0. The normalized spacial score (nSPS) is 12.2. The number of aromatic nitrogens is 2. The highest BCUT2D eigenvalue weighted by atomic mass is 79.9. The van der Waals surface area contributed by atoms with Crippen molar-refractivity contribution in [1.29, 1.82) is 0 Å². The van der Waals surface area contributed by atoms with E-state index in [0.717, 1.165) is 28.8 Å². The molecule has 0 saturated carbocycles. The van der Waals surface area contributed by atoms with Gasteiger partial charge in [0, 0.05) is 18.6 Å². The smallest absolute Gasteiger partial charge is 0.317 e. The first kappa shape index (κ1) is 17.2. The highest BCUT2D eigenvalue weighted by Crippen LogP contribution is 2.26. The van der Waals surface area contributed by atoms with Crippen LogP contribution in [0.15, 0.2) is 4.47 Å². The Morgan fingerprint density at radius 2 is 2.00 bits per heavy atom. The molecule has 1 rings (SSSR count). The van der Waals surface area contributed by atoms with Gasteiger partial charge in [-0.3, -0.25) is 14.4 Å². The van der Waals surface area contributed by atoms with E-state index in [1.807, 2.05) is 37.3 Å². The lowest BCUT2D eigenvalue weighted by Gasteiger charge is -2.34. The molecule has 6 heteroatoms. The van der Waals surface area contributed by atoms with Gasteiger partial charge in [-0.1, -0.05) is 6.92 Å². The van der Waals surface area contributed by atoms with Crippen LogP contribution in [-0.4, -0.2) is 37.8 Å². The lowest BCUT2D eigenvalue weighted by molar-refractivity contribution is -0.140. The Bertz CT molecular complexity index is 477. The molecule has 1 N–H and O–H groups in total. The second-order valence-corrected chi connectivity index (χ2v) is 6.59. The van der Waals surface area contributed by atoms with E-state index in [1.54, 1.807) is 0 Å². The molecule has 1 heterocycles. The zero-order valence-electron chi connectivity index (χ0n) is 12.9. The number of hydrogen-bond donors (Lipinski definition) is 1. The van der Waals surface area contributed by atoms with Crippen LogP contribution in [0.25, 0.3) is 0 Å². The molecule has 0 saturated heterocycles. The Hall–Kier alpha value is -0.880. The number of carboxylic acid groups (broad SMARTS) is 1. The number of carbonyl (C=O) groups is 1. The summed E-state index contributed by atoms with van der Waals surface area (Å²) >= 11 is 3.61. The monoisotopic (exact) mass is 345 g/mol. The van der Waals surface area contributed by atoms with Crippen molar-refractivity contribution in [2.45, 2.75) is 59.7 Å². The van der Waals surface area contributed by atoms with E-state index in [9.17, 15) is 4.79 Å². The maximum atomic E-state index is 11.1. The van der Waals surface area contributed by atoms with Crippen molar-refractivity contribution in [1.82, 2.24) is 14.7 Å². The van der Waals surface area contributed by atoms with E-state index in [0.29, 0.717) is 6.54 Å². The Kier molecular flexibility index (Phi) is 5.77. The van der Waals surface area contributed by atoms with E-state index < -0.39 is 5.97 Å². The van der Waals surface area contributed by atoms with Crippen molar-refractivity contribution < 1.29 is 9.90 Å². The fraction of sp³-hybridized carbons (Fsp3) is 0.714. The number of aryl methyl sites for hydroxylation is 2. The van der Waals surface area contributed by atoms with Crippen LogP contribution in [0.5, 0.6) is 0 Å². The molecule has 0 spiro atoms.